The number of anilines is 1. The van der Waals surface area contributed by atoms with Crippen LogP contribution in [-0.4, -0.2) is 82.8 Å². The first-order chi connectivity index (χ1) is 14.1. The van der Waals surface area contributed by atoms with Crippen LogP contribution in [0.3, 0.4) is 0 Å². The molecule has 3 heterocycles. The minimum absolute atomic E-state index is 0.00118. The molecule has 2 fully saturated rings. The fourth-order valence-corrected chi connectivity index (χ4v) is 5.58. The standard InChI is InChI=1S/C19H23N3O6S/c23-12-8-11(18(25)22-3-5-26-6-4-22)17-15(16(12)24)21-19(29-17)20-10-1-2-13-14(7-10)28-9-27-13/h1-2,7,11-12,15-17,23-24H,3-6,8-9H2,(H,20,21). The summed E-state index contributed by atoms with van der Waals surface area (Å²) in [6.45, 7) is 2.36. The number of rotatable bonds is 2. The van der Waals surface area contributed by atoms with Gasteiger partial charge in [0.1, 0.15) is 6.10 Å². The maximum atomic E-state index is 13.1. The number of amides is 1. The van der Waals surface area contributed by atoms with Crippen LogP contribution in [0.4, 0.5) is 5.69 Å². The number of carbonyl (C=O) groups is 1. The highest BCUT2D eigenvalue weighted by Crippen LogP contribution is 2.42. The number of nitrogens with zero attached hydrogens (tertiary/aromatic N) is 2. The van der Waals surface area contributed by atoms with Crippen molar-refractivity contribution in [2.75, 3.05) is 38.4 Å². The summed E-state index contributed by atoms with van der Waals surface area (Å²) in [5, 5.41) is 24.5. The molecule has 10 heteroatoms. The molecule has 3 aliphatic heterocycles. The Balaban J connectivity index is 1.33. The maximum absolute atomic E-state index is 13.1. The predicted molar refractivity (Wildman–Crippen MR) is 106 cm³/mol. The zero-order chi connectivity index (χ0) is 20.0. The highest BCUT2D eigenvalue weighted by Gasteiger charge is 2.51. The molecule has 4 aliphatic rings. The largest absolute Gasteiger partial charge is 0.454 e. The fraction of sp³-hybridized carbons (Fsp3) is 0.579. The Kier molecular flexibility index (Phi) is 5.02. The van der Waals surface area contributed by atoms with Crippen LogP contribution in [0.1, 0.15) is 6.42 Å². The molecule has 3 N–H and O–H groups in total. The number of carbonyl (C=O) groups excluding carboxylic acids is 1. The van der Waals surface area contributed by atoms with Gasteiger partial charge >= 0.3 is 0 Å². The summed E-state index contributed by atoms with van der Waals surface area (Å²) >= 11 is 1.45. The molecular weight excluding hydrogens is 398 g/mol. The molecule has 1 aromatic carbocycles. The fourth-order valence-electron chi connectivity index (χ4n) is 4.21. The lowest BCUT2D eigenvalue weighted by atomic mass is 9.80. The van der Waals surface area contributed by atoms with Gasteiger partial charge in [0.2, 0.25) is 12.7 Å². The van der Waals surface area contributed by atoms with Gasteiger partial charge in [0.05, 0.1) is 31.3 Å². The Hall–Kier alpha value is -2.01. The number of thioether (sulfide) groups is 1. The minimum atomic E-state index is -0.989. The lowest BCUT2D eigenvalue weighted by Crippen LogP contribution is -2.55. The number of ether oxygens (including phenoxy) is 3. The summed E-state index contributed by atoms with van der Waals surface area (Å²) < 4.78 is 16.1. The van der Waals surface area contributed by atoms with Gasteiger partial charge < -0.3 is 34.6 Å². The zero-order valence-corrected chi connectivity index (χ0v) is 16.5. The van der Waals surface area contributed by atoms with E-state index in [0.717, 1.165) is 5.69 Å². The number of fused-ring (bicyclic) bond motifs is 2. The number of aliphatic hydroxyl groups is 2. The van der Waals surface area contributed by atoms with Crippen molar-refractivity contribution in [1.29, 1.82) is 0 Å². The lowest BCUT2D eigenvalue weighted by Gasteiger charge is -2.40. The summed E-state index contributed by atoms with van der Waals surface area (Å²) in [6.07, 6.45) is -1.73. The predicted octanol–water partition coefficient (Wildman–Crippen LogP) is 0.268. The molecule has 1 aromatic rings. The second kappa shape index (κ2) is 7.67. The van der Waals surface area contributed by atoms with E-state index in [1.807, 2.05) is 18.2 Å². The van der Waals surface area contributed by atoms with Gasteiger partial charge in [-0.3, -0.25) is 9.79 Å². The van der Waals surface area contributed by atoms with Gasteiger partial charge in [-0.2, -0.15) is 0 Å². The molecular formula is C19H23N3O6S. The smallest absolute Gasteiger partial charge is 0.231 e. The molecule has 9 nitrogen and oxygen atoms in total. The molecule has 0 aromatic heterocycles. The SMILES string of the molecule is O=C(C1CC(O)C(O)C2N=C(Nc3ccc4c(c3)OCO4)SC12)N1CCOCC1. The van der Waals surface area contributed by atoms with Crippen molar-refractivity contribution in [2.45, 2.75) is 29.9 Å². The van der Waals surface area contributed by atoms with Gasteiger partial charge in [-0.1, -0.05) is 11.8 Å². The van der Waals surface area contributed by atoms with Crippen molar-refractivity contribution in [3.05, 3.63) is 18.2 Å². The van der Waals surface area contributed by atoms with E-state index < -0.39 is 24.2 Å². The number of hydrogen-bond donors (Lipinski definition) is 3. The Labute approximate surface area is 172 Å². The van der Waals surface area contributed by atoms with Gasteiger partial charge in [0.15, 0.2) is 16.7 Å². The number of morpholine rings is 1. The average Bonchev–Trinajstić information content (AvgIpc) is 3.37. The molecule has 5 rings (SSSR count). The molecule has 5 unspecified atom stereocenters. The van der Waals surface area contributed by atoms with Gasteiger partial charge in [-0.15, -0.1) is 0 Å². The monoisotopic (exact) mass is 421 g/mol. The van der Waals surface area contributed by atoms with Crippen molar-refractivity contribution < 1.29 is 29.2 Å². The van der Waals surface area contributed by atoms with Crippen LogP contribution in [0.2, 0.25) is 0 Å². The quantitative estimate of drug-likeness (QED) is 0.624. The molecule has 1 aliphatic carbocycles. The van der Waals surface area contributed by atoms with E-state index in [4.69, 9.17) is 14.2 Å². The number of amidine groups is 1. The summed E-state index contributed by atoms with van der Waals surface area (Å²) in [5.41, 5.74) is 0.783. The molecule has 29 heavy (non-hydrogen) atoms. The summed E-state index contributed by atoms with van der Waals surface area (Å²) in [4.78, 5) is 19.5. The Bertz CT molecular complexity index is 830. The van der Waals surface area contributed by atoms with Crippen LogP contribution in [0.25, 0.3) is 0 Å². The Morgan fingerprint density at radius 3 is 2.83 bits per heavy atom. The van der Waals surface area contributed by atoms with Crippen LogP contribution < -0.4 is 14.8 Å². The second-order valence-corrected chi connectivity index (χ2v) is 8.70. The van der Waals surface area contributed by atoms with Crippen LogP contribution in [-0.2, 0) is 9.53 Å². The first kappa shape index (κ1) is 19.0. The van der Waals surface area contributed by atoms with E-state index in [1.165, 1.54) is 11.8 Å². The topological polar surface area (TPSA) is 113 Å². The first-order valence-corrected chi connectivity index (χ1v) is 10.6. The molecule has 0 spiro atoms. The Morgan fingerprint density at radius 2 is 2.00 bits per heavy atom. The number of hydrogen-bond acceptors (Lipinski definition) is 9. The van der Waals surface area contributed by atoms with Crippen molar-refractivity contribution in [2.24, 2.45) is 10.9 Å². The van der Waals surface area contributed by atoms with Crippen LogP contribution in [0.5, 0.6) is 11.5 Å². The van der Waals surface area contributed by atoms with Gasteiger partial charge in [-0.25, -0.2) is 0 Å². The molecule has 0 radical (unpaired) electrons. The number of aliphatic imine (C=N–C) groups is 1. The van der Waals surface area contributed by atoms with E-state index in [-0.39, 0.29) is 24.4 Å². The lowest BCUT2D eigenvalue weighted by molar-refractivity contribution is -0.144. The normalized spacial score (nSPS) is 33.2. The number of aliphatic hydroxyl groups excluding tert-OH is 2. The summed E-state index contributed by atoms with van der Waals surface area (Å²) in [7, 11) is 0. The van der Waals surface area contributed by atoms with Gasteiger partial charge in [0, 0.05) is 30.1 Å². The maximum Gasteiger partial charge on any atom is 0.231 e. The molecule has 1 amide bonds. The Morgan fingerprint density at radius 1 is 1.21 bits per heavy atom. The first-order valence-electron chi connectivity index (χ1n) is 9.74. The van der Waals surface area contributed by atoms with Gasteiger partial charge in [-0.05, 0) is 18.6 Å². The van der Waals surface area contributed by atoms with E-state index >= 15 is 0 Å². The van der Waals surface area contributed by atoms with E-state index in [9.17, 15) is 15.0 Å². The van der Waals surface area contributed by atoms with E-state index in [1.54, 1.807) is 4.90 Å². The number of benzene rings is 1. The third-order valence-corrected chi connectivity index (χ3v) is 7.06. The number of nitrogens with one attached hydrogen (secondary N) is 1. The third kappa shape index (κ3) is 3.54. The third-order valence-electron chi connectivity index (χ3n) is 5.75. The highest BCUT2D eigenvalue weighted by molar-refractivity contribution is 8.15. The van der Waals surface area contributed by atoms with Crippen LogP contribution in [0, 0.1) is 5.92 Å². The van der Waals surface area contributed by atoms with Crippen molar-refractivity contribution in [1.82, 2.24) is 4.90 Å². The van der Waals surface area contributed by atoms with E-state index in [2.05, 4.69) is 10.3 Å². The summed E-state index contributed by atoms with van der Waals surface area (Å²) in [5.74, 6) is 0.953. The molecule has 1 saturated heterocycles. The minimum Gasteiger partial charge on any atom is -0.454 e. The van der Waals surface area contributed by atoms with Crippen LogP contribution >= 0.6 is 11.8 Å². The molecule has 0 bridgehead atoms. The van der Waals surface area contributed by atoms with Crippen molar-refractivity contribution in [3.8, 4) is 11.5 Å². The van der Waals surface area contributed by atoms with Gasteiger partial charge in [0.25, 0.3) is 0 Å². The molecule has 5 atom stereocenters. The average molecular weight is 421 g/mol. The van der Waals surface area contributed by atoms with Crippen LogP contribution in [0.15, 0.2) is 23.2 Å². The van der Waals surface area contributed by atoms with Crippen molar-refractivity contribution >= 4 is 28.5 Å². The molecule has 1 saturated carbocycles. The summed E-state index contributed by atoms with van der Waals surface area (Å²) in [6, 6.07) is 4.98. The zero-order valence-electron chi connectivity index (χ0n) is 15.7. The molecule has 156 valence electrons. The second-order valence-electron chi connectivity index (χ2n) is 7.54. The highest BCUT2D eigenvalue weighted by atomic mass is 32.2. The van der Waals surface area contributed by atoms with Crippen molar-refractivity contribution in [3.63, 3.8) is 0 Å². The van der Waals surface area contributed by atoms with E-state index in [0.29, 0.717) is 43.0 Å².